The largest absolute Gasteiger partial charge is 0.330 e. The van der Waals surface area contributed by atoms with Crippen molar-refractivity contribution in [1.29, 1.82) is 0 Å². The van der Waals surface area contributed by atoms with Gasteiger partial charge in [0.2, 0.25) is 0 Å². The van der Waals surface area contributed by atoms with Crippen LogP contribution in [0.1, 0.15) is 36.4 Å². The van der Waals surface area contributed by atoms with Gasteiger partial charge in [0, 0.05) is 11.1 Å². The number of halogens is 1. The molecule has 0 aliphatic carbocycles. The maximum Gasteiger partial charge on any atom is 0.0438 e. The van der Waals surface area contributed by atoms with Crippen LogP contribution >= 0.6 is 11.6 Å². The topological polar surface area (TPSA) is 52.0 Å². The van der Waals surface area contributed by atoms with Gasteiger partial charge in [-0.25, -0.2) is 0 Å². The van der Waals surface area contributed by atoms with Crippen LogP contribution in [0.5, 0.6) is 0 Å². The van der Waals surface area contributed by atoms with Crippen molar-refractivity contribution in [3.05, 3.63) is 34.3 Å². The molecule has 4 N–H and O–H groups in total. The molecule has 0 spiro atoms. The van der Waals surface area contributed by atoms with Crippen LogP contribution in [-0.4, -0.2) is 6.54 Å². The average molecular weight is 227 g/mol. The van der Waals surface area contributed by atoms with Crippen LogP contribution in [0.3, 0.4) is 0 Å². The SMILES string of the molecule is Cc1ccc([C@H](N)CCCCN)cc1Cl. The zero-order valence-corrected chi connectivity index (χ0v) is 9.93. The van der Waals surface area contributed by atoms with Gasteiger partial charge in [-0.1, -0.05) is 30.2 Å². The van der Waals surface area contributed by atoms with Crippen molar-refractivity contribution in [1.82, 2.24) is 0 Å². The quantitative estimate of drug-likeness (QED) is 0.759. The van der Waals surface area contributed by atoms with Gasteiger partial charge in [-0.15, -0.1) is 0 Å². The molecule has 0 saturated carbocycles. The molecule has 1 aromatic rings. The maximum atomic E-state index is 6.06. The molecule has 0 unspecified atom stereocenters. The Morgan fingerprint density at radius 2 is 2.07 bits per heavy atom. The monoisotopic (exact) mass is 226 g/mol. The molecule has 0 fully saturated rings. The molecule has 1 atom stereocenters. The number of unbranched alkanes of at least 4 members (excludes halogenated alkanes) is 1. The highest BCUT2D eigenvalue weighted by Gasteiger charge is 2.06. The van der Waals surface area contributed by atoms with Gasteiger partial charge in [-0.05, 0) is 43.5 Å². The summed E-state index contributed by atoms with van der Waals surface area (Å²) in [6.45, 7) is 2.73. The normalized spacial score (nSPS) is 12.8. The lowest BCUT2D eigenvalue weighted by Crippen LogP contribution is -2.11. The van der Waals surface area contributed by atoms with E-state index in [1.165, 1.54) is 0 Å². The van der Waals surface area contributed by atoms with Crippen LogP contribution in [0.15, 0.2) is 18.2 Å². The first-order chi connectivity index (χ1) is 7.15. The Labute approximate surface area is 96.6 Å². The third-order valence-corrected chi connectivity index (χ3v) is 3.00. The number of aryl methyl sites for hydroxylation is 1. The predicted molar refractivity (Wildman–Crippen MR) is 66.0 cm³/mol. The first-order valence-corrected chi connectivity index (χ1v) is 5.74. The molecular formula is C12H19ClN2. The highest BCUT2D eigenvalue weighted by Crippen LogP contribution is 2.22. The van der Waals surface area contributed by atoms with Crippen LogP contribution in [0.25, 0.3) is 0 Å². The third kappa shape index (κ3) is 3.82. The first-order valence-electron chi connectivity index (χ1n) is 5.37. The van der Waals surface area contributed by atoms with Crippen LogP contribution in [0.4, 0.5) is 0 Å². The summed E-state index contributed by atoms with van der Waals surface area (Å²) in [4.78, 5) is 0. The highest BCUT2D eigenvalue weighted by atomic mass is 35.5. The molecule has 1 rings (SSSR count). The van der Waals surface area contributed by atoms with Crippen LogP contribution < -0.4 is 11.5 Å². The van der Waals surface area contributed by atoms with Gasteiger partial charge in [0.1, 0.15) is 0 Å². The third-order valence-electron chi connectivity index (χ3n) is 2.59. The smallest absolute Gasteiger partial charge is 0.0438 e. The van der Waals surface area contributed by atoms with E-state index in [0.717, 1.165) is 42.0 Å². The van der Waals surface area contributed by atoms with Gasteiger partial charge in [-0.3, -0.25) is 0 Å². The van der Waals surface area contributed by atoms with E-state index in [-0.39, 0.29) is 6.04 Å². The molecule has 0 aliphatic heterocycles. The van der Waals surface area contributed by atoms with Crippen molar-refractivity contribution in [2.45, 2.75) is 32.2 Å². The lowest BCUT2D eigenvalue weighted by molar-refractivity contribution is 0.591. The summed E-state index contributed by atoms with van der Waals surface area (Å²) in [5.41, 5.74) is 13.7. The van der Waals surface area contributed by atoms with E-state index in [1.54, 1.807) is 0 Å². The lowest BCUT2D eigenvalue weighted by atomic mass is 10.0. The summed E-state index contributed by atoms with van der Waals surface area (Å²) >= 11 is 6.04. The minimum Gasteiger partial charge on any atom is -0.330 e. The summed E-state index contributed by atoms with van der Waals surface area (Å²) in [6, 6.07) is 6.10. The molecule has 15 heavy (non-hydrogen) atoms. The van der Waals surface area contributed by atoms with Crippen molar-refractivity contribution in [3.63, 3.8) is 0 Å². The molecule has 1 aromatic carbocycles. The zero-order valence-electron chi connectivity index (χ0n) is 9.17. The molecule has 0 saturated heterocycles. The van der Waals surface area contributed by atoms with E-state index < -0.39 is 0 Å². The standard InChI is InChI=1S/C12H19ClN2/c1-9-5-6-10(8-11(9)13)12(15)4-2-3-7-14/h5-6,8,12H,2-4,7,14-15H2,1H3/t12-/m1/s1. The molecular weight excluding hydrogens is 208 g/mol. The highest BCUT2D eigenvalue weighted by molar-refractivity contribution is 6.31. The maximum absolute atomic E-state index is 6.06. The van der Waals surface area contributed by atoms with E-state index in [9.17, 15) is 0 Å². The number of benzene rings is 1. The fourth-order valence-corrected chi connectivity index (χ4v) is 1.70. The van der Waals surface area contributed by atoms with Crippen molar-refractivity contribution >= 4 is 11.6 Å². The summed E-state index contributed by atoms with van der Waals surface area (Å²) in [5.74, 6) is 0. The van der Waals surface area contributed by atoms with Crippen LogP contribution in [-0.2, 0) is 0 Å². The summed E-state index contributed by atoms with van der Waals surface area (Å²) in [5, 5.41) is 0.793. The Balaban J connectivity index is 2.57. The van der Waals surface area contributed by atoms with Gasteiger partial charge in [0.25, 0.3) is 0 Å². The number of hydrogen-bond acceptors (Lipinski definition) is 2. The van der Waals surface area contributed by atoms with Gasteiger partial charge < -0.3 is 11.5 Å². The molecule has 0 heterocycles. The van der Waals surface area contributed by atoms with E-state index in [2.05, 4.69) is 0 Å². The number of nitrogens with two attached hydrogens (primary N) is 2. The fraction of sp³-hybridized carbons (Fsp3) is 0.500. The fourth-order valence-electron chi connectivity index (χ4n) is 1.52. The molecule has 0 aromatic heterocycles. The van der Waals surface area contributed by atoms with Gasteiger partial charge in [-0.2, -0.15) is 0 Å². The van der Waals surface area contributed by atoms with Gasteiger partial charge >= 0.3 is 0 Å². The van der Waals surface area contributed by atoms with Crippen molar-refractivity contribution in [2.75, 3.05) is 6.54 Å². The zero-order chi connectivity index (χ0) is 11.3. The lowest BCUT2D eigenvalue weighted by Gasteiger charge is -2.12. The second-order valence-electron chi connectivity index (χ2n) is 3.90. The molecule has 0 radical (unpaired) electrons. The molecule has 0 bridgehead atoms. The first kappa shape index (κ1) is 12.5. The average Bonchev–Trinajstić information content (AvgIpc) is 2.22. The van der Waals surface area contributed by atoms with Crippen molar-refractivity contribution < 1.29 is 0 Å². The minimum atomic E-state index is 0.0784. The van der Waals surface area contributed by atoms with E-state index in [4.69, 9.17) is 23.1 Å². The van der Waals surface area contributed by atoms with Gasteiger partial charge in [0.05, 0.1) is 0 Å². The molecule has 3 heteroatoms. The summed E-state index contributed by atoms with van der Waals surface area (Å²) in [7, 11) is 0. The Kier molecular flexibility index (Phi) is 5.09. The van der Waals surface area contributed by atoms with E-state index in [0.29, 0.717) is 0 Å². The summed E-state index contributed by atoms with van der Waals surface area (Å²) in [6.07, 6.45) is 3.08. The molecule has 0 amide bonds. The van der Waals surface area contributed by atoms with Crippen LogP contribution in [0, 0.1) is 6.92 Å². The molecule has 0 aliphatic rings. The van der Waals surface area contributed by atoms with Crippen molar-refractivity contribution in [3.8, 4) is 0 Å². The molecule has 84 valence electrons. The number of rotatable bonds is 5. The Hall–Kier alpha value is -0.570. The van der Waals surface area contributed by atoms with Gasteiger partial charge in [0.15, 0.2) is 0 Å². The minimum absolute atomic E-state index is 0.0784. The van der Waals surface area contributed by atoms with Crippen LogP contribution in [0.2, 0.25) is 5.02 Å². The molecule has 2 nitrogen and oxygen atoms in total. The summed E-state index contributed by atoms with van der Waals surface area (Å²) < 4.78 is 0. The van der Waals surface area contributed by atoms with E-state index in [1.807, 2.05) is 25.1 Å². The Morgan fingerprint density at radius 1 is 1.33 bits per heavy atom. The Morgan fingerprint density at radius 3 is 2.67 bits per heavy atom. The van der Waals surface area contributed by atoms with E-state index >= 15 is 0 Å². The second-order valence-corrected chi connectivity index (χ2v) is 4.31. The predicted octanol–water partition coefficient (Wildman–Crippen LogP) is 2.78. The Bertz CT molecular complexity index is 312. The van der Waals surface area contributed by atoms with Crippen molar-refractivity contribution in [2.24, 2.45) is 11.5 Å². The number of hydrogen-bond donors (Lipinski definition) is 2. The second kappa shape index (κ2) is 6.11.